The minimum absolute atomic E-state index is 0.00960. The molecule has 2 fully saturated rings. The van der Waals surface area contributed by atoms with Gasteiger partial charge >= 0.3 is 6.03 Å². The lowest BCUT2D eigenvalue weighted by Gasteiger charge is -2.34. The van der Waals surface area contributed by atoms with Crippen LogP contribution in [0.2, 0.25) is 0 Å². The number of rotatable bonds is 5. The van der Waals surface area contributed by atoms with Crippen LogP contribution in [-0.4, -0.2) is 73.1 Å². The first kappa shape index (κ1) is 20.9. The van der Waals surface area contributed by atoms with Crippen molar-refractivity contribution in [2.24, 2.45) is 0 Å². The smallest absolute Gasteiger partial charge is 0.317 e. The summed E-state index contributed by atoms with van der Waals surface area (Å²) in [6.45, 7) is 7.45. The lowest BCUT2D eigenvalue weighted by atomic mass is 10.0. The van der Waals surface area contributed by atoms with E-state index in [9.17, 15) is 14.4 Å². The van der Waals surface area contributed by atoms with E-state index in [-0.39, 0.29) is 23.9 Å². The zero-order valence-electron chi connectivity index (χ0n) is 16.6. The molecule has 0 bridgehead atoms. The van der Waals surface area contributed by atoms with Gasteiger partial charge in [0.1, 0.15) is 0 Å². The van der Waals surface area contributed by atoms with Gasteiger partial charge in [-0.1, -0.05) is 18.7 Å². The molecule has 2 heterocycles. The molecule has 0 aromatic heterocycles. The summed E-state index contributed by atoms with van der Waals surface area (Å²) >= 11 is 0. The third kappa shape index (κ3) is 5.80. The van der Waals surface area contributed by atoms with Gasteiger partial charge in [0.05, 0.1) is 13.2 Å². The van der Waals surface area contributed by atoms with Gasteiger partial charge in [0, 0.05) is 44.3 Å². The van der Waals surface area contributed by atoms with Gasteiger partial charge in [-0.2, -0.15) is 0 Å². The van der Waals surface area contributed by atoms with Crippen molar-refractivity contribution in [2.45, 2.75) is 25.4 Å². The van der Waals surface area contributed by atoms with E-state index >= 15 is 0 Å². The molecule has 0 saturated carbocycles. The van der Waals surface area contributed by atoms with Crippen LogP contribution in [0.4, 0.5) is 4.79 Å². The number of hydrogen-bond donors (Lipinski definition) is 2. The third-order valence-electron chi connectivity index (χ3n) is 5.26. The number of nitrogens with zero attached hydrogens (tertiary/aromatic N) is 2. The van der Waals surface area contributed by atoms with Gasteiger partial charge in [-0.25, -0.2) is 4.79 Å². The maximum atomic E-state index is 12.7. The Morgan fingerprint density at radius 1 is 1.03 bits per heavy atom. The van der Waals surface area contributed by atoms with Crippen molar-refractivity contribution in [1.29, 1.82) is 0 Å². The number of carbonyl (C=O) groups excluding carboxylic acids is 3. The van der Waals surface area contributed by atoms with Crippen molar-refractivity contribution in [1.82, 2.24) is 20.4 Å². The Morgan fingerprint density at radius 3 is 2.31 bits per heavy atom. The average Bonchev–Trinajstić information content (AvgIpc) is 2.78. The monoisotopic (exact) mass is 400 g/mol. The van der Waals surface area contributed by atoms with Crippen LogP contribution >= 0.6 is 0 Å². The fourth-order valence-electron chi connectivity index (χ4n) is 3.47. The zero-order valence-corrected chi connectivity index (χ0v) is 16.6. The minimum Gasteiger partial charge on any atom is -0.378 e. The molecule has 156 valence electrons. The molecule has 2 aliphatic rings. The second-order valence-corrected chi connectivity index (χ2v) is 7.23. The number of benzene rings is 1. The predicted octanol–water partition coefficient (Wildman–Crippen LogP) is 1.14. The Morgan fingerprint density at radius 2 is 1.69 bits per heavy atom. The Kier molecular flexibility index (Phi) is 7.24. The summed E-state index contributed by atoms with van der Waals surface area (Å²) in [7, 11) is 0. The number of urea groups is 1. The molecule has 0 spiro atoms. The summed E-state index contributed by atoms with van der Waals surface area (Å²) in [5.41, 5.74) is 1.54. The summed E-state index contributed by atoms with van der Waals surface area (Å²) in [6.07, 6.45) is 2.71. The van der Waals surface area contributed by atoms with Crippen molar-refractivity contribution in [3.63, 3.8) is 0 Å². The van der Waals surface area contributed by atoms with Crippen molar-refractivity contribution >= 4 is 17.8 Å². The van der Waals surface area contributed by atoms with Crippen LogP contribution in [0.25, 0.3) is 0 Å². The largest absolute Gasteiger partial charge is 0.378 e. The number of carbonyl (C=O) groups is 3. The fraction of sp³-hybridized carbons (Fsp3) is 0.476. The normalized spacial score (nSPS) is 17.5. The van der Waals surface area contributed by atoms with Gasteiger partial charge in [0.15, 0.2) is 0 Å². The molecule has 8 nitrogen and oxygen atoms in total. The molecule has 0 atom stereocenters. The van der Waals surface area contributed by atoms with Crippen molar-refractivity contribution in [3.8, 4) is 0 Å². The van der Waals surface area contributed by atoms with E-state index in [0.717, 1.165) is 18.4 Å². The number of hydrogen-bond acceptors (Lipinski definition) is 4. The van der Waals surface area contributed by atoms with Gasteiger partial charge < -0.3 is 25.2 Å². The molecule has 2 saturated heterocycles. The molecule has 3 rings (SSSR count). The summed E-state index contributed by atoms with van der Waals surface area (Å²) in [5, 5.41) is 5.78. The van der Waals surface area contributed by atoms with Gasteiger partial charge in [-0.05, 0) is 36.6 Å². The molecule has 0 radical (unpaired) electrons. The summed E-state index contributed by atoms with van der Waals surface area (Å²) in [4.78, 5) is 39.9. The number of ether oxygens (including phenoxy) is 1. The quantitative estimate of drug-likeness (QED) is 0.725. The Balaban J connectivity index is 1.45. The molecule has 4 amide bonds. The lowest BCUT2D eigenvalue weighted by Crippen LogP contribution is -2.52. The highest BCUT2D eigenvalue weighted by Crippen LogP contribution is 2.15. The second kappa shape index (κ2) is 10.1. The molecular weight excluding hydrogens is 372 g/mol. The fourth-order valence-corrected chi connectivity index (χ4v) is 3.47. The molecule has 2 aliphatic heterocycles. The van der Waals surface area contributed by atoms with Crippen molar-refractivity contribution in [3.05, 3.63) is 48.0 Å². The highest BCUT2D eigenvalue weighted by atomic mass is 16.5. The Labute approximate surface area is 170 Å². The van der Waals surface area contributed by atoms with Crippen LogP contribution in [-0.2, 0) is 16.1 Å². The Bertz CT molecular complexity index is 736. The first-order valence-electron chi connectivity index (χ1n) is 9.98. The lowest BCUT2D eigenvalue weighted by molar-refractivity contribution is -0.116. The topological polar surface area (TPSA) is 91.0 Å². The standard InChI is InChI=1S/C21H28N4O4/c1-2-19(26)22-15-16-3-5-17(6-4-16)20(27)24-9-7-18(8-10-24)23-21(28)25-11-13-29-14-12-25/h2-6,18H,1,7-15H2,(H,22,26)(H,23,28). The first-order chi connectivity index (χ1) is 14.1. The summed E-state index contributed by atoms with van der Waals surface area (Å²) in [5.74, 6) is -0.238. The van der Waals surface area contributed by atoms with Gasteiger partial charge in [0.25, 0.3) is 5.91 Å². The van der Waals surface area contributed by atoms with Crippen LogP contribution in [0.3, 0.4) is 0 Å². The predicted molar refractivity (Wildman–Crippen MR) is 108 cm³/mol. The summed E-state index contributed by atoms with van der Waals surface area (Å²) < 4.78 is 5.27. The van der Waals surface area contributed by atoms with Gasteiger partial charge in [-0.3, -0.25) is 9.59 Å². The van der Waals surface area contributed by atoms with Crippen molar-refractivity contribution in [2.75, 3.05) is 39.4 Å². The van der Waals surface area contributed by atoms with Crippen molar-refractivity contribution < 1.29 is 19.1 Å². The molecule has 1 aromatic carbocycles. The van der Waals surface area contributed by atoms with E-state index in [4.69, 9.17) is 4.74 Å². The number of amides is 4. The maximum absolute atomic E-state index is 12.7. The number of nitrogens with one attached hydrogen (secondary N) is 2. The minimum atomic E-state index is -0.228. The van der Waals surface area contributed by atoms with Crippen LogP contribution in [0, 0.1) is 0 Å². The Hall–Kier alpha value is -2.87. The first-order valence-corrected chi connectivity index (χ1v) is 9.98. The molecule has 29 heavy (non-hydrogen) atoms. The zero-order chi connectivity index (χ0) is 20.6. The van der Waals surface area contributed by atoms with E-state index in [0.29, 0.717) is 51.5 Å². The van der Waals surface area contributed by atoms with Crippen LogP contribution < -0.4 is 10.6 Å². The maximum Gasteiger partial charge on any atom is 0.317 e. The average molecular weight is 400 g/mol. The molecule has 1 aromatic rings. The van der Waals surface area contributed by atoms with E-state index in [2.05, 4.69) is 17.2 Å². The number of morpholine rings is 1. The third-order valence-corrected chi connectivity index (χ3v) is 5.26. The highest BCUT2D eigenvalue weighted by molar-refractivity contribution is 5.94. The molecule has 2 N–H and O–H groups in total. The molecule has 8 heteroatoms. The number of piperidine rings is 1. The van der Waals surface area contributed by atoms with Gasteiger partial charge in [-0.15, -0.1) is 0 Å². The van der Waals surface area contributed by atoms with Crippen LogP contribution in [0.1, 0.15) is 28.8 Å². The summed E-state index contributed by atoms with van der Waals surface area (Å²) in [6, 6.07) is 7.29. The van der Waals surface area contributed by atoms with E-state index < -0.39 is 0 Å². The SMILES string of the molecule is C=CC(=O)NCc1ccc(C(=O)N2CCC(NC(=O)N3CCOCC3)CC2)cc1. The van der Waals surface area contributed by atoms with E-state index in [1.165, 1.54) is 6.08 Å². The van der Waals surface area contributed by atoms with Crippen LogP contribution in [0.5, 0.6) is 0 Å². The molecule has 0 unspecified atom stereocenters. The highest BCUT2D eigenvalue weighted by Gasteiger charge is 2.26. The van der Waals surface area contributed by atoms with E-state index in [1.807, 2.05) is 17.0 Å². The molecular formula is C21H28N4O4. The second-order valence-electron chi connectivity index (χ2n) is 7.23. The number of likely N-dealkylation sites (tertiary alicyclic amines) is 1. The molecule has 0 aliphatic carbocycles. The van der Waals surface area contributed by atoms with Crippen LogP contribution in [0.15, 0.2) is 36.9 Å². The van der Waals surface area contributed by atoms with E-state index in [1.54, 1.807) is 17.0 Å². The van der Waals surface area contributed by atoms with Gasteiger partial charge in [0.2, 0.25) is 5.91 Å².